The summed E-state index contributed by atoms with van der Waals surface area (Å²) in [6.45, 7) is 2.10. The second-order valence-electron chi connectivity index (χ2n) is 4.71. The van der Waals surface area contributed by atoms with Crippen molar-refractivity contribution in [3.63, 3.8) is 0 Å². The van der Waals surface area contributed by atoms with Gasteiger partial charge in [-0.25, -0.2) is 9.97 Å². The summed E-state index contributed by atoms with van der Waals surface area (Å²) in [6.07, 6.45) is 2.44. The standard InChI is InChI=1S/C16H14ClN3O/c1-2-10-3-5-13-12(7-10)16(19-9-18-13)20-14-8-11(17)4-6-15(14)21/h3-9,21H,2H2,1H3,(H,18,19,20). The van der Waals surface area contributed by atoms with Crippen LogP contribution in [0.25, 0.3) is 10.9 Å². The minimum Gasteiger partial charge on any atom is -0.506 e. The molecule has 0 saturated heterocycles. The van der Waals surface area contributed by atoms with Crippen LogP contribution >= 0.6 is 11.6 Å². The second kappa shape index (κ2) is 5.58. The van der Waals surface area contributed by atoms with Gasteiger partial charge in [0.1, 0.15) is 17.9 Å². The molecule has 0 atom stereocenters. The number of nitrogens with one attached hydrogen (secondary N) is 1. The highest BCUT2D eigenvalue weighted by Crippen LogP contribution is 2.31. The maximum absolute atomic E-state index is 9.90. The smallest absolute Gasteiger partial charge is 0.141 e. The fourth-order valence-electron chi connectivity index (χ4n) is 2.16. The average molecular weight is 300 g/mol. The summed E-state index contributed by atoms with van der Waals surface area (Å²) in [5.74, 6) is 0.769. The third-order valence-electron chi connectivity index (χ3n) is 3.32. The number of benzene rings is 2. The van der Waals surface area contributed by atoms with E-state index in [4.69, 9.17) is 11.6 Å². The number of halogens is 1. The van der Waals surface area contributed by atoms with Gasteiger partial charge in [0, 0.05) is 10.4 Å². The van der Waals surface area contributed by atoms with Crippen molar-refractivity contribution in [1.29, 1.82) is 0 Å². The van der Waals surface area contributed by atoms with Crippen LogP contribution in [0.3, 0.4) is 0 Å². The van der Waals surface area contributed by atoms with E-state index in [1.807, 2.05) is 6.07 Å². The maximum Gasteiger partial charge on any atom is 0.141 e. The van der Waals surface area contributed by atoms with Crippen LogP contribution < -0.4 is 5.32 Å². The van der Waals surface area contributed by atoms with Crippen molar-refractivity contribution in [3.05, 3.63) is 53.3 Å². The number of hydrogen-bond acceptors (Lipinski definition) is 4. The molecule has 4 nitrogen and oxygen atoms in total. The Morgan fingerprint density at radius 3 is 2.81 bits per heavy atom. The van der Waals surface area contributed by atoms with Crippen LogP contribution in [0.4, 0.5) is 11.5 Å². The Hall–Kier alpha value is -2.33. The molecule has 3 aromatic rings. The first kappa shape index (κ1) is 13.6. The van der Waals surface area contributed by atoms with Crippen molar-refractivity contribution in [2.75, 3.05) is 5.32 Å². The van der Waals surface area contributed by atoms with E-state index in [1.165, 1.54) is 11.9 Å². The molecular formula is C16H14ClN3O. The molecule has 0 spiro atoms. The predicted molar refractivity (Wildman–Crippen MR) is 85.3 cm³/mol. The predicted octanol–water partition coefficient (Wildman–Crippen LogP) is 4.29. The molecule has 0 bridgehead atoms. The average Bonchev–Trinajstić information content (AvgIpc) is 2.51. The number of fused-ring (bicyclic) bond motifs is 1. The summed E-state index contributed by atoms with van der Waals surface area (Å²) in [5, 5.41) is 14.5. The third kappa shape index (κ3) is 2.76. The van der Waals surface area contributed by atoms with Crippen LogP contribution in [0.1, 0.15) is 12.5 Å². The number of anilines is 2. The Morgan fingerprint density at radius 1 is 1.14 bits per heavy atom. The Morgan fingerprint density at radius 2 is 2.00 bits per heavy atom. The number of aromatic hydroxyl groups is 1. The van der Waals surface area contributed by atoms with E-state index < -0.39 is 0 Å². The Bertz CT molecular complexity index is 805. The molecule has 0 amide bonds. The molecular weight excluding hydrogens is 286 g/mol. The van der Waals surface area contributed by atoms with Gasteiger partial charge >= 0.3 is 0 Å². The number of hydrogen-bond donors (Lipinski definition) is 2. The van der Waals surface area contributed by atoms with Crippen molar-refractivity contribution in [2.45, 2.75) is 13.3 Å². The maximum atomic E-state index is 9.90. The summed E-state index contributed by atoms with van der Waals surface area (Å²) in [7, 11) is 0. The molecule has 0 aliphatic heterocycles. The molecule has 2 N–H and O–H groups in total. The van der Waals surface area contributed by atoms with E-state index >= 15 is 0 Å². The molecule has 5 heteroatoms. The van der Waals surface area contributed by atoms with E-state index in [-0.39, 0.29) is 5.75 Å². The lowest BCUT2D eigenvalue weighted by Gasteiger charge is -2.11. The zero-order valence-corrected chi connectivity index (χ0v) is 12.2. The van der Waals surface area contributed by atoms with Crippen molar-refractivity contribution < 1.29 is 5.11 Å². The van der Waals surface area contributed by atoms with Gasteiger partial charge in [-0.2, -0.15) is 0 Å². The van der Waals surface area contributed by atoms with Gasteiger partial charge in [0.05, 0.1) is 11.2 Å². The fraction of sp³-hybridized carbons (Fsp3) is 0.125. The number of phenolic OH excluding ortho intramolecular Hbond substituents is 1. The zero-order chi connectivity index (χ0) is 14.8. The van der Waals surface area contributed by atoms with Gasteiger partial charge in [-0.1, -0.05) is 24.6 Å². The zero-order valence-electron chi connectivity index (χ0n) is 11.5. The molecule has 0 fully saturated rings. The molecule has 0 saturated carbocycles. The first-order chi connectivity index (χ1) is 10.2. The van der Waals surface area contributed by atoms with Crippen LogP contribution in [-0.4, -0.2) is 15.1 Å². The summed E-state index contributed by atoms with van der Waals surface area (Å²) >= 11 is 5.97. The first-order valence-corrected chi connectivity index (χ1v) is 7.04. The Balaban J connectivity index is 2.09. The van der Waals surface area contributed by atoms with Crippen LogP contribution in [0.15, 0.2) is 42.7 Å². The highest BCUT2D eigenvalue weighted by atomic mass is 35.5. The Labute approximate surface area is 127 Å². The summed E-state index contributed by atoms with van der Waals surface area (Å²) in [5.41, 5.74) is 2.58. The van der Waals surface area contributed by atoms with Gasteiger partial charge in [-0.3, -0.25) is 0 Å². The normalized spacial score (nSPS) is 10.8. The van der Waals surface area contributed by atoms with Crippen LogP contribution in [0.5, 0.6) is 5.75 Å². The van der Waals surface area contributed by atoms with Crippen molar-refractivity contribution in [1.82, 2.24) is 9.97 Å². The van der Waals surface area contributed by atoms with Crippen molar-refractivity contribution >= 4 is 34.0 Å². The molecule has 2 aromatic carbocycles. The quantitative estimate of drug-likeness (QED) is 0.708. The number of rotatable bonds is 3. The second-order valence-corrected chi connectivity index (χ2v) is 5.15. The molecule has 0 aliphatic carbocycles. The van der Waals surface area contributed by atoms with E-state index in [9.17, 15) is 5.11 Å². The number of aryl methyl sites for hydroxylation is 1. The van der Waals surface area contributed by atoms with Gasteiger partial charge < -0.3 is 10.4 Å². The third-order valence-corrected chi connectivity index (χ3v) is 3.55. The van der Waals surface area contributed by atoms with E-state index in [2.05, 4.69) is 34.3 Å². The molecule has 106 valence electrons. The molecule has 0 aliphatic rings. The van der Waals surface area contributed by atoms with E-state index in [0.717, 1.165) is 17.3 Å². The first-order valence-electron chi connectivity index (χ1n) is 6.66. The van der Waals surface area contributed by atoms with E-state index in [1.54, 1.807) is 18.2 Å². The van der Waals surface area contributed by atoms with Crippen molar-refractivity contribution in [3.8, 4) is 5.75 Å². The fourth-order valence-corrected chi connectivity index (χ4v) is 2.33. The lowest BCUT2D eigenvalue weighted by molar-refractivity contribution is 0.478. The van der Waals surface area contributed by atoms with Crippen molar-refractivity contribution in [2.24, 2.45) is 0 Å². The summed E-state index contributed by atoms with van der Waals surface area (Å²) < 4.78 is 0. The van der Waals surface area contributed by atoms with Gasteiger partial charge in [0.25, 0.3) is 0 Å². The van der Waals surface area contributed by atoms with Gasteiger partial charge in [-0.05, 0) is 42.3 Å². The SMILES string of the molecule is CCc1ccc2ncnc(Nc3cc(Cl)ccc3O)c2c1. The lowest BCUT2D eigenvalue weighted by Crippen LogP contribution is -1.97. The molecule has 1 aromatic heterocycles. The molecule has 0 unspecified atom stereocenters. The lowest BCUT2D eigenvalue weighted by atomic mass is 10.1. The minimum absolute atomic E-state index is 0.123. The molecule has 0 radical (unpaired) electrons. The number of aromatic nitrogens is 2. The number of nitrogens with zero attached hydrogens (tertiary/aromatic N) is 2. The van der Waals surface area contributed by atoms with Gasteiger partial charge in [0.15, 0.2) is 0 Å². The largest absolute Gasteiger partial charge is 0.506 e. The van der Waals surface area contributed by atoms with Gasteiger partial charge in [0.2, 0.25) is 0 Å². The number of phenols is 1. The van der Waals surface area contributed by atoms with E-state index in [0.29, 0.717) is 16.5 Å². The summed E-state index contributed by atoms with van der Waals surface area (Å²) in [6, 6.07) is 10.9. The molecule has 1 heterocycles. The molecule has 21 heavy (non-hydrogen) atoms. The highest BCUT2D eigenvalue weighted by Gasteiger charge is 2.08. The van der Waals surface area contributed by atoms with Crippen LogP contribution in [0, 0.1) is 0 Å². The van der Waals surface area contributed by atoms with Crippen LogP contribution in [0.2, 0.25) is 5.02 Å². The Kier molecular flexibility index (Phi) is 3.62. The molecule has 3 rings (SSSR count). The summed E-state index contributed by atoms with van der Waals surface area (Å²) in [4.78, 5) is 8.53. The minimum atomic E-state index is 0.123. The topological polar surface area (TPSA) is 58.0 Å². The monoisotopic (exact) mass is 299 g/mol. The highest BCUT2D eigenvalue weighted by molar-refractivity contribution is 6.31. The van der Waals surface area contributed by atoms with Crippen LogP contribution in [-0.2, 0) is 6.42 Å². The van der Waals surface area contributed by atoms with Gasteiger partial charge in [-0.15, -0.1) is 0 Å².